The highest BCUT2D eigenvalue weighted by Gasteiger charge is 2.25. The van der Waals surface area contributed by atoms with Crippen LogP contribution in [0.4, 0.5) is 5.82 Å². The molecule has 1 aromatic heterocycles. The predicted molar refractivity (Wildman–Crippen MR) is 79.9 cm³/mol. The Hall–Kier alpha value is -1.36. The molecule has 1 aromatic rings. The topological polar surface area (TPSA) is 72.1 Å². The van der Waals surface area contributed by atoms with E-state index >= 15 is 0 Å². The lowest BCUT2D eigenvalue weighted by molar-refractivity contribution is -0.119. The first-order chi connectivity index (χ1) is 9.49. The second-order valence-electron chi connectivity index (χ2n) is 5.66. The minimum atomic E-state index is -0.212. The number of hydrogen-bond donors (Lipinski definition) is 1. The molecule has 2 heterocycles. The van der Waals surface area contributed by atoms with Crippen LogP contribution in [0.2, 0.25) is 5.15 Å². The van der Waals surface area contributed by atoms with Crippen molar-refractivity contribution in [2.75, 3.05) is 18.0 Å². The van der Waals surface area contributed by atoms with Crippen LogP contribution in [0.3, 0.4) is 0 Å². The third kappa shape index (κ3) is 3.39. The molecule has 0 spiro atoms. The lowest BCUT2D eigenvalue weighted by atomic mass is 9.93. The second kappa shape index (κ2) is 6.39. The molecule has 0 atom stereocenters. The van der Waals surface area contributed by atoms with Gasteiger partial charge in [-0.2, -0.15) is 0 Å². The summed E-state index contributed by atoms with van der Waals surface area (Å²) in [5.74, 6) is 1.39. The van der Waals surface area contributed by atoms with Gasteiger partial charge in [0.15, 0.2) is 0 Å². The minimum Gasteiger partial charge on any atom is -0.370 e. The molecule has 1 aliphatic rings. The zero-order valence-corrected chi connectivity index (χ0v) is 12.7. The lowest BCUT2D eigenvalue weighted by Gasteiger charge is -2.34. The largest absolute Gasteiger partial charge is 0.370 e. The normalized spacial score (nSPS) is 16.7. The number of primary amides is 1. The Morgan fingerprint density at radius 3 is 2.65 bits per heavy atom. The molecule has 1 fully saturated rings. The fourth-order valence-corrected chi connectivity index (χ4v) is 3.09. The summed E-state index contributed by atoms with van der Waals surface area (Å²) >= 11 is 6.20. The predicted octanol–water partition coefficient (Wildman–Crippen LogP) is 2.35. The molecule has 0 aromatic carbocycles. The summed E-state index contributed by atoms with van der Waals surface area (Å²) in [7, 11) is 0. The smallest absolute Gasteiger partial charge is 0.217 e. The van der Waals surface area contributed by atoms with Crippen LogP contribution in [0.1, 0.15) is 44.6 Å². The maximum atomic E-state index is 11.0. The number of hydrogen-bond acceptors (Lipinski definition) is 4. The Kier molecular flexibility index (Phi) is 4.81. The molecule has 0 aliphatic carbocycles. The van der Waals surface area contributed by atoms with Gasteiger partial charge in [0.1, 0.15) is 17.3 Å². The van der Waals surface area contributed by atoms with Gasteiger partial charge in [-0.05, 0) is 24.7 Å². The van der Waals surface area contributed by atoms with E-state index in [0.717, 1.165) is 37.3 Å². The van der Waals surface area contributed by atoms with Gasteiger partial charge in [0.25, 0.3) is 0 Å². The van der Waals surface area contributed by atoms with Crippen LogP contribution in [0, 0.1) is 5.92 Å². The quantitative estimate of drug-likeness (QED) is 0.866. The van der Waals surface area contributed by atoms with Gasteiger partial charge in [0, 0.05) is 25.1 Å². The Morgan fingerprint density at radius 2 is 2.10 bits per heavy atom. The van der Waals surface area contributed by atoms with Crippen molar-refractivity contribution >= 4 is 23.3 Å². The fraction of sp³-hybridized carbons (Fsp3) is 0.643. The Balaban J connectivity index is 2.11. The van der Waals surface area contributed by atoms with Gasteiger partial charge in [0.05, 0.1) is 0 Å². The molecular weight excluding hydrogens is 276 g/mol. The van der Waals surface area contributed by atoms with E-state index in [0.29, 0.717) is 17.5 Å². The monoisotopic (exact) mass is 296 g/mol. The molecule has 0 unspecified atom stereocenters. The Labute approximate surface area is 124 Å². The van der Waals surface area contributed by atoms with Gasteiger partial charge < -0.3 is 10.6 Å². The number of carbonyl (C=O) groups is 1. The highest BCUT2D eigenvalue weighted by molar-refractivity contribution is 6.30. The zero-order chi connectivity index (χ0) is 14.7. The van der Waals surface area contributed by atoms with Crippen LogP contribution in [0.5, 0.6) is 0 Å². The molecule has 5 nitrogen and oxygen atoms in total. The summed E-state index contributed by atoms with van der Waals surface area (Å²) in [4.78, 5) is 21.7. The molecule has 0 radical (unpaired) electrons. The zero-order valence-electron chi connectivity index (χ0n) is 12.0. The summed E-state index contributed by atoms with van der Waals surface area (Å²) in [6, 6.07) is 0. The van der Waals surface area contributed by atoms with Crippen molar-refractivity contribution in [2.24, 2.45) is 11.7 Å². The van der Waals surface area contributed by atoms with Gasteiger partial charge in [-0.3, -0.25) is 4.79 Å². The number of rotatable bonds is 4. The van der Waals surface area contributed by atoms with Crippen molar-refractivity contribution in [3.05, 3.63) is 17.0 Å². The van der Waals surface area contributed by atoms with E-state index in [-0.39, 0.29) is 11.8 Å². The minimum absolute atomic E-state index is 0.212. The van der Waals surface area contributed by atoms with E-state index in [1.807, 2.05) is 0 Å². The standard InChI is InChI=1S/C14H21ClN4O/c1-9(2)12-13(15)17-8-18-14(12)19-5-3-10(4-6-19)7-11(16)20/h8-10H,3-7H2,1-2H3,(H2,16,20). The van der Waals surface area contributed by atoms with Crippen LogP contribution < -0.4 is 10.6 Å². The van der Waals surface area contributed by atoms with Crippen LogP contribution in [-0.4, -0.2) is 29.0 Å². The first-order valence-corrected chi connectivity index (χ1v) is 7.40. The van der Waals surface area contributed by atoms with Crippen LogP contribution in [0.25, 0.3) is 0 Å². The highest BCUT2D eigenvalue weighted by Crippen LogP contribution is 2.33. The number of nitrogens with two attached hydrogens (primary N) is 1. The number of amides is 1. The van der Waals surface area contributed by atoms with E-state index in [1.54, 1.807) is 0 Å². The lowest BCUT2D eigenvalue weighted by Crippen LogP contribution is -2.36. The van der Waals surface area contributed by atoms with E-state index in [4.69, 9.17) is 17.3 Å². The third-order valence-electron chi connectivity index (χ3n) is 3.80. The summed E-state index contributed by atoms with van der Waals surface area (Å²) in [5.41, 5.74) is 6.26. The van der Waals surface area contributed by atoms with Gasteiger partial charge in [0.2, 0.25) is 5.91 Å². The molecule has 0 saturated carbocycles. The van der Waals surface area contributed by atoms with Crippen LogP contribution in [-0.2, 0) is 4.79 Å². The summed E-state index contributed by atoms with van der Waals surface area (Å²) in [6.45, 7) is 5.94. The molecule has 0 bridgehead atoms. The molecule has 1 saturated heterocycles. The van der Waals surface area contributed by atoms with Crippen LogP contribution in [0.15, 0.2) is 6.33 Å². The van der Waals surface area contributed by atoms with Crippen molar-refractivity contribution in [3.63, 3.8) is 0 Å². The van der Waals surface area contributed by atoms with Crippen LogP contribution >= 0.6 is 11.6 Å². The number of aromatic nitrogens is 2. The third-order valence-corrected chi connectivity index (χ3v) is 4.10. The average Bonchev–Trinajstić information content (AvgIpc) is 2.38. The fourth-order valence-electron chi connectivity index (χ4n) is 2.75. The van der Waals surface area contributed by atoms with E-state index < -0.39 is 0 Å². The number of halogens is 1. The van der Waals surface area contributed by atoms with E-state index in [9.17, 15) is 4.79 Å². The number of anilines is 1. The number of nitrogens with zero attached hydrogens (tertiary/aromatic N) is 3. The summed E-state index contributed by atoms with van der Waals surface area (Å²) in [5, 5.41) is 0.532. The molecule has 2 N–H and O–H groups in total. The van der Waals surface area contributed by atoms with E-state index in [2.05, 4.69) is 28.7 Å². The molecule has 1 amide bonds. The highest BCUT2D eigenvalue weighted by atomic mass is 35.5. The summed E-state index contributed by atoms with van der Waals surface area (Å²) < 4.78 is 0. The molecule has 110 valence electrons. The second-order valence-corrected chi connectivity index (χ2v) is 6.02. The summed E-state index contributed by atoms with van der Waals surface area (Å²) in [6.07, 6.45) is 3.92. The van der Waals surface area contributed by atoms with Gasteiger partial charge in [-0.1, -0.05) is 25.4 Å². The molecule has 6 heteroatoms. The molecule has 20 heavy (non-hydrogen) atoms. The first-order valence-electron chi connectivity index (χ1n) is 7.02. The van der Waals surface area contributed by atoms with Crippen molar-refractivity contribution in [1.82, 2.24) is 9.97 Å². The van der Waals surface area contributed by atoms with E-state index in [1.165, 1.54) is 6.33 Å². The average molecular weight is 297 g/mol. The number of carbonyl (C=O) groups excluding carboxylic acids is 1. The SMILES string of the molecule is CC(C)c1c(Cl)ncnc1N1CCC(CC(N)=O)CC1. The van der Waals surface area contributed by atoms with Crippen molar-refractivity contribution in [1.29, 1.82) is 0 Å². The maximum Gasteiger partial charge on any atom is 0.217 e. The first kappa shape index (κ1) is 15.0. The molecular formula is C14H21ClN4O. The number of piperidine rings is 1. The van der Waals surface area contributed by atoms with Gasteiger partial charge in [-0.15, -0.1) is 0 Å². The Morgan fingerprint density at radius 1 is 1.45 bits per heavy atom. The van der Waals surface area contributed by atoms with Gasteiger partial charge in [-0.25, -0.2) is 9.97 Å². The van der Waals surface area contributed by atoms with Crippen molar-refractivity contribution in [2.45, 2.75) is 39.0 Å². The van der Waals surface area contributed by atoms with Crippen molar-refractivity contribution in [3.8, 4) is 0 Å². The van der Waals surface area contributed by atoms with Gasteiger partial charge >= 0.3 is 0 Å². The maximum absolute atomic E-state index is 11.0. The Bertz CT molecular complexity index is 484. The molecule has 1 aliphatic heterocycles. The van der Waals surface area contributed by atoms with Crippen molar-refractivity contribution < 1.29 is 4.79 Å². The molecule has 2 rings (SSSR count).